The third kappa shape index (κ3) is 1.72. The van der Waals surface area contributed by atoms with Crippen molar-refractivity contribution in [2.75, 3.05) is 0 Å². The molecule has 0 aromatic heterocycles. The van der Waals surface area contributed by atoms with Crippen LogP contribution in [0.2, 0.25) is 0 Å². The van der Waals surface area contributed by atoms with Gasteiger partial charge in [0.15, 0.2) is 0 Å². The molecule has 2 radical (unpaired) electrons. The second kappa shape index (κ2) is 2.56. The molecule has 0 bridgehead atoms. The van der Waals surface area contributed by atoms with E-state index in [1.807, 2.05) is 0 Å². The van der Waals surface area contributed by atoms with Gasteiger partial charge in [0, 0.05) is 0 Å². The summed E-state index contributed by atoms with van der Waals surface area (Å²) in [5.41, 5.74) is 0.248. The van der Waals surface area contributed by atoms with E-state index < -0.39 is 12.0 Å². The molecule has 0 aromatic rings. The van der Waals surface area contributed by atoms with E-state index in [1.54, 1.807) is 6.92 Å². The van der Waals surface area contributed by atoms with E-state index in [0.29, 0.717) is 6.42 Å². The van der Waals surface area contributed by atoms with Gasteiger partial charge in [0.05, 0.1) is 5.70 Å². The summed E-state index contributed by atoms with van der Waals surface area (Å²) in [6.07, 6.45) is -1.84. The summed E-state index contributed by atoms with van der Waals surface area (Å²) in [6, 6.07) is 0. The van der Waals surface area contributed by atoms with Crippen LogP contribution in [0, 0.1) is 6.20 Å². The molecule has 0 N–H and O–H groups in total. The normalized spacial score (nSPS) is 17.5. The monoisotopic (exact) mass is 162 g/mol. The third-order valence-electron chi connectivity index (χ3n) is 1.12. The van der Waals surface area contributed by atoms with Crippen LogP contribution in [0.15, 0.2) is 10.7 Å². The zero-order chi connectivity index (χ0) is 8.48. The Morgan fingerprint density at radius 3 is 2.36 bits per heavy atom. The number of allylic oxidation sites excluding steroid dienone is 1. The fraction of sp³-hybridized carbons (Fsp3) is 0.500. The molecular weight excluding hydrogens is 157 g/mol. The van der Waals surface area contributed by atoms with E-state index in [-0.39, 0.29) is 5.70 Å². The Morgan fingerprint density at radius 1 is 1.45 bits per heavy atom. The summed E-state index contributed by atoms with van der Waals surface area (Å²) in [4.78, 5) is 3.21. The maximum absolute atomic E-state index is 11.8. The first-order chi connectivity index (χ1) is 5.04. The lowest BCUT2D eigenvalue weighted by Gasteiger charge is -2.01. The van der Waals surface area contributed by atoms with E-state index in [0.717, 1.165) is 0 Å². The van der Waals surface area contributed by atoms with Crippen molar-refractivity contribution in [1.82, 2.24) is 5.32 Å². The summed E-state index contributed by atoms with van der Waals surface area (Å²) in [6.45, 7) is 1.70. The van der Waals surface area contributed by atoms with Gasteiger partial charge in [-0.1, -0.05) is 6.92 Å². The molecule has 5 heteroatoms. The van der Waals surface area contributed by atoms with Gasteiger partial charge in [0.25, 0.3) is 0 Å². The Hall–Kier alpha value is -1.00. The highest BCUT2D eigenvalue weighted by Gasteiger charge is 2.38. The highest BCUT2D eigenvalue weighted by atomic mass is 19.4. The van der Waals surface area contributed by atoms with Crippen LogP contribution in [0.1, 0.15) is 13.3 Å². The Kier molecular flexibility index (Phi) is 1.89. The van der Waals surface area contributed by atoms with Crippen molar-refractivity contribution >= 4 is 5.84 Å². The van der Waals surface area contributed by atoms with E-state index in [1.165, 1.54) is 0 Å². The van der Waals surface area contributed by atoms with E-state index in [2.05, 4.69) is 16.5 Å². The highest BCUT2D eigenvalue weighted by Crippen LogP contribution is 2.21. The molecular formula is C6H5F3N2. The molecule has 2 nitrogen and oxygen atoms in total. The minimum Gasteiger partial charge on any atom is -0.227 e. The topological polar surface area (TPSA) is 26.5 Å². The predicted molar refractivity (Wildman–Crippen MR) is 32.7 cm³/mol. The van der Waals surface area contributed by atoms with Gasteiger partial charge >= 0.3 is 6.18 Å². The van der Waals surface area contributed by atoms with Crippen molar-refractivity contribution in [1.29, 1.82) is 0 Å². The fourth-order valence-electron chi connectivity index (χ4n) is 0.580. The van der Waals surface area contributed by atoms with E-state index in [9.17, 15) is 13.2 Å². The molecule has 11 heavy (non-hydrogen) atoms. The van der Waals surface area contributed by atoms with Crippen LogP contribution in [-0.2, 0) is 0 Å². The van der Waals surface area contributed by atoms with Gasteiger partial charge < -0.3 is 0 Å². The van der Waals surface area contributed by atoms with Gasteiger partial charge in [-0.15, -0.1) is 0 Å². The minimum absolute atomic E-state index is 0.248. The molecule has 0 saturated heterocycles. The summed E-state index contributed by atoms with van der Waals surface area (Å²) in [5, 5.41) is 3.00. The Labute approximate surface area is 61.8 Å². The Morgan fingerprint density at radius 2 is 2.09 bits per heavy atom. The smallest absolute Gasteiger partial charge is 0.227 e. The van der Waals surface area contributed by atoms with Gasteiger partial charge in [-0.3, -0.25) is 0 Å². The van der Waals surface area contributed by atoms with Crippen molar-refractivity contribution < 1.29 is 13.2 Å². The number of hydrogen-bond acceptors (Lipinski definition) is 1. The van der Waals surface area contributed by atoms with Crippen LogP contribution in [0.3, 0.4) is 0 Å². The zero-order valence-corrected chi connectivity index (χ0v) is 5.74. The van der Waals surface area contributed by atoms with Crippen LogP contribution in [0.4, 0.5) is 13.2 Å². The molecule has 1 rings (SSSR count). The molecule has 1 aliphatic rings. The lowest BCUT2D eigenvalue weighted by atomic mass is 10.4. The first kappa shape index (κ1) is 8.10. The van der Waals surface area contributed by atoms with Crippen molar-refractivity contribution in [2.45, 2.75) is 19.5 Å². The summed E-state index contributed by atoms with van der Waals surface area (Å²) in [5.74, 6) is -1.10. The van der Waals surface area contributed by atoms with Crippen molar-refractivity contribution in [3.05, 3.63) is 11.9 Å². The molecule has 0 spiro atoms. The number of halogens is 3. The molecule has 0 unspecified atom stereocenters. The summed E-state index contributed by atoms with van der Waals surface area (Å²) in [7, 11) is 0. The first-order valence-corrected chi connectivity index (χ1v) is 3.02. The molecule has 1 heterocycles. The average molecular weight is 162 g/mol. The van der Waals surface area contributed by atoms with E-state index in [4.69, 9.17) is 0 Å². The number of nitrogens with zero attached hydrogens (tertiary/aromatic N) is 2. The molecule has 0 atom stereocenters. The third-order valence-corrected chi connectivity index (χ3v) is 1.12. The fourth-order valence-corrected chi connectivity index (χ4v) is 0.580. The van der Waals surface area contributed by atoms with Crippen molar-refractivity contribution in [3.63, 3.8) is 0 Å². The van der Waals surface area contributed by atoms with Crippen LogP contribution in [-0.4, -0.2) is 12.0 Å². The number of rotatable bonds is 1. The molecule has 0 aromatic carbocycles. The van der Waals surface area contributed by atoms with Crippen molar-refractivity contribution in [3.8, 4) is 0 Å². The number of hydrogen-bond donors (Lipinski definition) is 0. The number of amidine groups is 1. The first-order valence-electron chi connectivity index (χ1n) is 3.02. The minimum atomic E-state index is -4.44. The number of aliphatic imine (C=N–C) groups is 1. The second-order valence-electron chi connectivity index (χ2n) is 1.96. The van der Waals surface area contributed by atoms with Gasteiger partial charge in [-0.05, 0) is 6.42 Å². The van der Waals surface area contributed by atoms with Crippen LogP contribution in [0.25, 0.3) is 0 Å². The maximum Gasteiger partial charge on any atom is 0.451 e. The maximum atomic E-state index is 11.8. The van der Waals surface area contributed by atoms with Crippen LogP contribution in [0.5, 0.6) is 0 Å². The summed E-state index contributed by atoms with van der Waals surface area (Å²) >= 11 is 0. The molecule has 0 amide bonds. The molecule has 60 valence electrons. The van der Waals surface area contributed by atoms with Crippen LogP contribution < -0.4 is 5.32 Å². The lowest BCUT2D eigenvalue weighted by molar-refractivity contribution is -0.0611. The number of alkyl halides is 3. The largest absolute Gasteiger partial charge is 0.451 e. The standard InChI is InChI=1S/C6H5F3N2/c1-2-4-3-10-5(11-4)6(7,8)9/h2H2,1H3. The van der Waals surface area contributed by atoms with Crippen molar-refractivity contribution in [2.24, 2.45) is 4.99 Å². The second-order valence-corrected chi connectivity index (χ2v) is 1.96. The SMILES string of the molecule is CCC1=[C][N]C(C(F)(F)F)=N1. The van der Waals surface area contributed by atoms with Gasteiger partial charge in [0.2, 0.25) is 5.84 Å². The summed E-state index contributed by atoms with van der Waals surface area (Å²) < 4.78 is 35.4. The van der Waals surface area contributed by atoms with Crippen LogP contribution >= 0.6 is 0 Å². The molecule has 0 saturated carbocycles. The van der Waals surface area contributed by atoms with E-state index >= 15 is 0 Å². The quantitative estimate of drug-likeness (QED) is 0.560. The Bertz CT molecular complexity index is 214. The Balaban J connectivity index is 2.69. The van der Waals surface area contributed by atoms with Gasteiger partial charge in [0.1, 0.15) is 6.20 Å². The van der Waals surface area contributed by atoms with Gasteiger partial charge in [-0.2, -0.15) is 13.2 Å². The zero-order valence-electron chi connectivity index (χ0n) is 5.74. The highest BCUT2D eigenvalue weighted by molar-refractivity contribution is 5.90. The lowest BCUT2D eigenvalue weighted by Crippen LogP contribution is -2.27. The molecule has 0 fully saturated rings. The van der Waals surface area contributed by atoms with Gasteiger partial charge in [-0.25, -0.2) is 10.3 Å². The predicted octanol–water partition coefficient (Wildman–Crippen LogP) is 1.62. The molecule has 0 aliphatic carbocycles. The molecule has 1 aliphatic heterocycles. The average Bonchev–Trinajstić information content (AvgIpc) is 2.32.